The van der Waals surface area contributed by atoms with Crippen LogP contribution >= 0.6 is 0 Å². The Bertz CT molecular complexity index is 3730. The molecule has 1 aliphatic heterocycles. The Balaban J connectivity index is 0.933. The fourth-order valence-corrected chi connectivity index (χ4v) is 9.29. The molecule has 0 unspecified atom stereocenters. The van der Waals surface area contributed by atoms with E-state index in [4.69, 9.17) is 33.8 Å². The first-order chi connectivity index (χ1) is 33.3. The van der Waals surface area contributed by atoms with E-state index < -0.39 is 21.4 Å². The SMILES string of the molecule is CCN(CC)c1ccc2cc(C3=Nc4cc(Cc5nc(Cc6ccc7nc(-c8cc9ccc(N(CC)CC)cc9oc8=O)[nH]c7c6)nc(Nc6ccc(S(=O)(=O)O)cc6)n5)ccc4C3)c(=O)oc2c1. The van der Waals surface area contributed by atoms with Crippen molar-refractivity contribution in [1.82, 2.24) is 24.9 Å². The highest BCUT2D eigenvalue weighted by atomic mass is 32.2. The number of imidazole rings is 1. The third kappa shape index (κ3) is 9.21. The van der Waals surface area contributed by atoms with Gasteiger partial charge in [-0.05, 0) is 123 Å². The molecule has 0 atom stereocenters. The number of fused-ring (bicyclic) bond motifs is 4. The standard InChI is InChI=1S/C52H47N9O7S/c1-5-60(6-2)36-16-12-33-25-39(50(62)67-45(33)28-36)43-27-32-11-9-30(21-42(32)54-43)23-47-57-48(59-52(58-47)53-35-14-18-38(19-15-35)69(64,65)66)24-31-10-20-41-44(22-31)56-49(55-41)40-26-34-13-17-37(61(7-3)8-4)29-46(34)68-51(40)63/h9-22,25-26,28-29H,5-8,23-24,27H2,1-4H3,(H,55,56)(H,64,65,66)(H,53,57,58,59). The van der Waals surface area contributed by atoms with E-state index in [-0.39, 0.29) is 10.8 Å². The molecule has 5 heterocycles. The van der Waals surface area contributed by atoms with E-state index in [0.717, 1.165) is 70.7 Å². The van der Waals surface area contributed by atoms with Gasteiger partial charge in [0.1, 0.15) is 34.2 Å². The lowest BCUT2D eigenvalue weighted by molar-refractivity contribution is 0.483. The summed E-state index contributed by atoms with van der Waals surface area (Å²) in [7, 11) is -4.39. The average Bonchev–Trinajstić information content (AvgIpc) is 3.96. The highest BCUT2D eigenvalue weighted by Crippen LogP contribution is 2.32. The van der Waals surface area contributed by atoms with E-state index in [1.54, 1.807) is 6.07 Å². The predicted octanol–water partition coefficient (Wildman–Crippen LogP) is 9.17. The maximum Gasteiger partial charge on any atom is 0.347 e. The molecule has 69 heavy (non-hydrogen) atoms. The minimum absolute atomic E-state index is 0.223. The van der Waals surface area contributed by atoms with Gasteiger partial charge in [-0.3, -0.25) is 9.55 Å². The van der Waals surface area contributed by atoms with E-state index in [0.29, 0.717) is 81.5 Å². The Hall–Kier alpha value is -8.02. The van der Waals surface area contributed by atoms with E-state index in [1.165, 1.54) is 24.3 Å². The second kappa shape index (κ2) is 18.2. The molecule has 3 N–H and O–H groups in total. The minimum atomic E-state index is -4.39. The molecule has 0 radical (unpaired) electrons. The van der Waals surface area contributed by atoms with Gasteiger partial charge in [-0.15, -0.1) is 0 Å². The average molecular weight is 942 g/mol. The smallest absolute Gasteiger partial charge is 0.347 e. The second-order valence-electron chi connectivity index (χ2n) is 16.8. The van der Waals surface area contributed by atoms with Crippen LogP contribution in [0.1, 0.15) is 61.6 Å². The summed E-state index contributed by atoms with van der Waals surface area (Å²) in [6.45, 7) is 11.7. The van der Waals surface area contributed by atoms with Crippen LogP contribution in [0.4, 0.5) is 28.7 Å². The molecule has 0 aliphatic carbocycles. The number of aromatic amines is 1. The Morgan fingerprint density at radius 2 is 1.23 bits per heavy atom. The van der Waals surface area contributed by atoms with Gasteiger partial charge in [0.2, 0.25) is 5.95 Å². The zero-order valence-electron chi connectivity index (χ0n) is 38.3. The van der Waals surface area contributed by atoms with Crippen LogP contribution in [0.2, 0.25) is 0 Å². The molecule has 0 bridgehead atoms. The molecule has 1 aliphatic rings. The van der Waals surface area contributed by atoms with Gasteiger partial charge in [0, 0.05) is 85.4 Å². The number of aromatic nitrogens is 5. The number of anilines is 4. The first-order valence-electron chi connectivity index (χ1n) is 22.8. The van der Waals surface area contributed by atoms with Crippen molar-refractivity contribution in [2.24, 2.45) is 4.99 Å². The van der Waals surface area contributed by atoms with Crippen molar-refractivity contribution in [3.8, 4) is 11.4 Å². The summed E-state index contributed by atoms with van der Waals surface area (Å²) in [5, 5.41) is 4.76. The third-order valence-corrected chi connectivity index (χ3v) is 13.3. The molecular weight excluding hydrogens is 895 g/mol. The van der Waals surface area contributed by atoms with Crippen molar-refractivity contribution in [1.29, 1.82) is 0 Å². The Labute approximate surface area is 396 Å². The first kappa shape index (κ1) is 44.8. The number of nitrogens with zero attached hydrogens (tertiary/aromatic N) is 7. The van der Waals surface area contributed by atoms with E-state index in [9.17, 15) is 22.6 Å². The van der Waals surface area contributed by atoms with Crippen LogP contribution in [0.15, 0.2) is 138 Å². The molecule has 5 aromatic carbocycles. The third-order valence-electron chi connectivity index (χ3n) is 12.4. The molecule has 0 saturated carbocycles. The van der Waals surface area contributed by atoms with Gasteiger partial charge in [-0.1, -0.05) is 18.2 Å². The fraction of sp³-hybridized carbons (Fsp3) is 0.212. The van der Waals surface area contributed by atoms with Gasteiger partial charge < -0.3 is 28.9 Å². The van der Waals surface area contributed by atoms with E-state index in [2.05, 4.69) is 47.8 Å². The second-order valence-corrected chi connectivity index (χ2v) is 18.2. The van der Waals surface area contributed by atoms with Crippen molar-refractivity contribution in [3.05, 3.63) is 164 Å². The zero-order chi connectivity index (χ0) is 48.0. The summed E-state index contributed by atoms with van der Waals surface area (Å²) >= 11 is 0. The maximum absolute atomic E-state index is 13.4. The lowest BCUT2D eigenvalue weighted by Gasteiger charge is -2.21. The molecule has 0 saturated heterocycles. The summed E-state index contributed by atoms with van der Waals surface area (Å²) in [6, 6.07) is 32.7. The van der Waals surface area contributed by atoms with Crippen molar-refractivity contribution in [2.45, 2.75) is 51.9 Å². The predicted molar refractivity (Wildman–Crippen MR) is 268 cm³/mol. The van der Waals surface area contributed by atoms with Crippen LogP contribution in [-0.2, 0) is 29.4 Å². The zero-order valence-corrected chi connectivity index (χ0v) is 39.1. The molecule has 0 amide bonds. The highest BCUT2D eigenvalue weighted by Gasteiger charge is 2.22. The lowest BCUT2D eigenvalue weighted by Crippen LogP contribution is -2.21. The molecule has 10 rings (SSSR count). The number of rotatable bonds is 15. The van der Waals surface area contributed by atoms with E-state index >= 15 is 0 Å². The summed E-state index contributed by atoms with van der Waals surface area (Å²) in [6.07, 6.45) is 1.08. The van der Waals surface area contributed by atoms with Crippen LogP contribution in [0.5, 0.6) is 0 Å². The van der Waals surface area contributed by atoms with Crippen LogP contribution in [0.3, 0.4) is 0 Å². The molecule has 0 fully saturated rings. The van der Waals surface area contributed by atoms with Gasteiger partial charge in [-0.25, -0.2) is 19.6 Å². The molecule has 17 heteroatoms. The number of hydrogen-bond donors (Lipinski definition) is 3. The minimum Gasteiger partial charge on any atom is -0.422 e. The summed E-state index contributed by atoms with van der Waals surface area (Å²) in [5.74, 6) is 1.51. The van der Waals surface area contributed by atoms with Gasteiger partial charge in [0.25, 0.3) is 10.1 Å². The van der Waals surface area contributed by atoms with Gasteiger partial charge >= 0.3 is 11.3 Å². The summed E-state index contributed by atoms with van der Waals surface area (Å²) in [4.78, 5) is 58.1. The molecule has 16 nitrogen and oxygen atoms in total. The molecule has 348 valence electrons. The van der Waals surface area contributed by atoms with Gasteiger partial charge in [-0.2, -0.15) is 18.4 Å². The van der Waals surface area contributed by atoms with Crippen LogP contribution in [-0.4, -0.2) is 69.8 Å². The van der Waals surface area contributed by atoms with Crippen LogP contribution in [0, 0.1) is 0 Å². The normalized spacial score (nSPS) is 12.4. The highest BCUT2D eigenvalue weighted by molar-refractivity contribution is 7.85. The topological polar surface area (TPSA) is 213 Å². The largest absolute Gasteiger partial charge is 0.422 e. The van der Waals surface area contributed by atoms with Crippen molar-refractivity contribution >= 4 is 77.5 Å². The van der Waals surface area contributed by atoms with Gasteiger partial charge in [0.15, 0.2) is 0 Å². The number of hydrogen-bond acceptors (Lipinski definition) is 14. The molecular formula is C52H47N9O7S. The summed E-state index contributed by atoms with van der Waals surface area (Å²) < 4.78 is 44.6. The fourth-order valence-electron chi connectivity index (χ4n) is 8.81. The Morgan fingerprint density at radius 3 is 1.84 bits per heavy atom. The molecule has 9 aromatic rings. The first-order valence-corrected chi connectivity index (χ1v) is 24.2. The number of benzene rings is 5. The quantitative estimate of drug-likeness (QED) is 0.0646. The van der Waals surface area contributed by atoms with Crippen LogP contribution in [0.25, 0.3) is 44.4 Å². The van der Waals surface area contributed by atoms with Crippen molar-refractivity contribution in [2.75, 3.05) is 41.3 Å². The number of nitrogens with one attached hydrogen (secondary N) is 2. The van der Waals surface area contributed by atoms with Crippen molar-refractivity contribution < 1.29 is 21.8 Å². The molecule has 0 spiro atoms. The number of aliphatic imine (C=N–C) groups is 1. The molecule has 4 aromatic heterocycles. The monoisotopic (exact) mass is 941 g/mol. The maximum atomic E-state index is 13.4. The van der Waals surface area contributed by atoms with Gasteiger partial charge in [0.05, 0.1) is 32.9 Å². The Morgan fingerprint density at radius 1 is 0.652 bits per heavy atom. The number of H-pyrrole nitrogens is 1. The lowest BCUT2D eigenvalue weighted by atomic mass is 10.0. The summed E-state index contributed by atoms with van der Waals surface area (Å²) in [5.41, 5.74) is 8.73. The Kier molecular flexibility index (Phi) is 11.8. The van der Waals surface area contributed by atoms with Crippen molar-refractivity contribution in [3.63, 3.8) is 0 Å². The van der Waals surface area contributed by atoms with Crippen LogP contribution < -0.4 is 26.4 Å². The van der Waals surface area contributed by atoms with E-state index in [1.807, 2.05) is 78.9 Å².